The fourth-order valence-corrected chi connectivity index (χ4v) is 1.07. The number of carbonyl (C=O) groups is 1. The Balaban J connectivity index is 2.84. The molecule has 1 aromatic heterocycles. The molecule has 0 saturated carbocycles. The van der Waals surface area contributed by atoms with Gasteiger partial charge in [-0.2, -0.15) is 0 Å². The summed E-state index contributed by atoms with van der Waals surface area (Å²) in [4.78, 5) is 15.3. The Morgan fingerprint density at radius 3 is 3.00 bits per heavy atom. The summed E-state index contributed by atoms with van der Waals surface area (Å²) >= 11 is 0. The van der Waals surface area contributed by atoms with E-state index in [1.807, 2.05) is 0 Å². The summed E-state index contributed by atoms with van der Waals surface area (Å²) in [6, 6.07) is 3.56. The van der Waals surface area contributed by atoms with Gasteiger partial charge in [0, 0.05) is 12.7 Å². The second-order valence-corrected chi connectivity index (χ2v) is 2.88. The molecule has 1 heterocycles. The van der Waals surface area contributed by atoms with Crippen LogP contribution in [0.4, 0.5) is 5.82 Å². The van der Waals surface area contributed by atoms with E-state index in [0.29, 0.717) is 11.4 Å². The molecule has 13 heavy (non-hydrogen) atoms. The van der Waals surface area contributed by atoms with Crippen molar-refractivity contribution in [1.82, 2.24) is 4.98 Å². The third kappa shape index (κ3) is 2.54. The predicted molar refractivity (Wildman–Crippen MR) is 53.0 cm³/mol. The lowest BCUT2D eigenvalue weighted by Crippen LogP contribution is -2.07. The van der Waals surface area contributed by atoms with Crippen LogP contribution in [0.15, 0.2) is 18.3 Å². The maximum absolute atomic E-state index is 11.1. The molecule has 0 fully saturated rings. The highest BCUT2D eigenvalue weighted by Crippen LogP contribution is 2.11. The maximum atomic E-state index is 11.1. The van der Waals surface area contributed by atoms with Crippen molar-refractivity contribution in [3.8, 4) is 0 Å². The first-order valence-corrected chi connectivity index (χ1v) is 4.45. The molecule has 0 amide bonds. The van der Waals surface area contributed by atoms with Crippen LogP contribution in [0, 0.1) is 0 Å². The van der Waals surface area contributed by atoms with Gasteiger partial charge in [-0.3, -0.25) is 4.79 Å². The number of aromatic nitrogens is 1. The summed E-state index contributed by atoms with van der Waals surface area (Å²) in [5, 5.41) is 3.11. The van der Waals surface area contributed by atoms with Crippen LogP contribution >= 0.6 is 0 Å². The van der Waals surface area contributed by atoms with Gasteiger partial charge in [0.15, 0.2) is 5.78 Å². The van der Waals surface area contributed by atoms with E-state index >= 15 is 0 Å². The number of carbonyl (C=O) groups excluding carboxylic acids is 1. The molecule has 0 spiro atoms. The van der Waals surface area contributed by atoms with Crippen molar-refractivity contribution in [2.24, 2.45) is 0 Å². The third-order valence-corrected chi connectivity index (χ3v) is 1.73. The van der Waals surface area contributed by atoms with Crippen LogP contribution in [0.5, 0.6) is 0 Å². The predicted octanol–water partition coefficient (Wildman–Crippen LogP) is 2.11. The summed E-state index contributed by atoms with van der Waals surface area (Å²) in [5.41, 5.74) is 0.663. The first kappa shape index (κ1) is 9.71. The van der Waals surface area contributed by atoms with Gasteiger partial charge < -0.3 is 5.32 Å². The van der Waals surface area contributed by atoms with Crippen molar-refractivity contribution in [1.29, 1.82) is 0 Å². The number of nitrogens with one attached hydrogen (secondary N) is 1. The number of hydrogen-bond donors (Lipinski definition) is 1. The number of Topliss-reactive ketones (excluding diaryl/α,β-unsaturated/α-hetero) is 1. The van der Waals surface area contributed by atoms with Gasteiger partial charge in [-0.15, -0.1) is 0 Å². The van der Waals surface area contributed by atoms with Gasteiger partial charge in [0.1, 0.15) is 5.82 Å². The number of hydrogen-bond acceptors (Lipinski definition) is 3. The van der Waals surface area contributed by atoms with Gasteiger partial charge in [0.05, 0.1) is 5.56 Å². The van der Waals surface area contributed by atoms with Crippen molar-refractivity contribution in [2.75, 3.05) is 11.9 Å². The molecule has 0 saturated heterocycles. The zero-order chi connectivity index (χ0) is 9.68. The Morgan fingerprint density at radius 1 is 1.62 bits per heavy atom. The van der Waals surface area contributed by atoms with Gasteiger partial charge in [-0.1, -0.05) is 6.92 Å². The van der Waals surface area contributed by atoms with E-state index in [4.69, 9.17) is 0 Å². The number of pyridine rings is 1. The fraction of sp³-hybridized carbons (Fsp3) is 0.400. The number of nitrogens with zero attached hydrogens (tertiary/aromatic N) is 1. The molecule has 0 unspecified atom stereocenters. The van der Waals surface area contributed by atoms with E-state index in [1.54, 1.807) is 25.3 Å². The molecule has 0 radical (unpaired) electrons. The van der Waals surface area contributed by atoms with E-state index in [0.717, 1.165) is 13.0 Å². The summed E-state index contributed by atoms with van der Waals surface area (Å²) in [6.07, 6.45) is 2.71. The zero-order valence-electron chi connectivity index (χ0n) is 8.00. The number of ketones is 1. The zero-order valence-corrected chi connectivity index (χ0v) is 8.00. The van der Waals surface area contributed by atoms with Gasteiger partial charge in [-0.05, 0) is 25.5 Å². The number of anilines is 1. The largest absolute Gasteiger partial charge is 0.369 e. The molecule has 70 valence electrons. The Morgan fingerprint density at radius 2 is 2.38 bits per heavy atom. The van der Waals surface area contributed by atoms with Crippen molar-refractivity contribution >= 4 is 11.6 Å². The third-order valence-electron chi connectivity index (χ3n) is 1.73. The second kappa shape index (κ2) is 4.60. The van der Waals surface area contributed by atoms with Crippen molar-refractivity contribution in [3.05, 3.63) is 23.9 Å². The molecule has 3 heteroatoms. The second-order valence-electron chi connectivity index (χ2n) is 2.88. The van der Waals surface area contributed by atoms with Gasteiger partial charge in [0.25, 0.3) is 0 Å². The first-order chi connectivity index (χ1) is 6.25. The number of rotatable bonds is 4. The molecule has 3 nitrogen and oxygen atoms in total. The Bertz CT molecular complexity index is 297. The molecule has 1 rings (SSSR count). The molecule has 0 aromatic carbocycles. The minimum Gasteiger partial charge on any atom is -0.369 e. The molecule has 1 N–H and O–H groups in total. The quantitative estimate of drug-likeness (QED) is 0.718. The highest BCUT2D eigenvalue weighted by atomic mass is 16.1. The Kier molecular flexibility index (Phi) is 3.43. The lowest BCUT2D eigenvalue weighted by molar-refractivity contribution is 0.101. The van der Waals surface area contributed by atoms with Gasteiger partial charge in [-0.25, -0.2) is 4.98 Å². The molecule has 0 aliphatic carbocycles. The first-order valence-electron chi connectivity index (χ1n) is 4.45. The molecule has 1 aromatic rings. The monoisotopic (exact) mass is 178 g/mol. The minimum absolute atomic E-state index is 0.0479. The Hall–Kier alpha value is -1.38. The normalized spacial score (nSPS) is 9.69. The maximum Gasteiger partial charge on any atom is 0.163 e. The van der Waals surface area contributed by atoms with E-state index in [2.05, 4.69) is 17.2 Å². The Labute approximate surface area is 78.2 Å². The van der Waals surface area contributed by atoms with E-state index in [9.17, 15) is 4.79 Å². The van der Waals surface area contributed by atoms with Crippen LogP contribution < -0.4 is 5.32 Å². The molecule has 0 bridgehead atoms. The molecule has 0 aliphatic rings. The van der Waals surface area contributed by atoms with E-state index < -0.39 is 0 Å². The highest BCUT2D eigenvalue weighted by molar-refractivity contribution is 5.98. The molecule has 0 atom stereocenters. The van der Waals surface area contributed by atoms with Crippen LogP contribution in [0.1, 0.15) is 30.6 Å². The van der Waals surface area contributed by atoms with Crippen molar-refractivity contribution in [3.63, 3.8) is 0 Å². The van der Waals surface area contributed by atoms with Crippen LogP contribution in [-0.2, 0) is 0 Å². The van der Waals surface area contributed by atoms with E-state index in [1.165, 1.54) is 0 Å². The van der Waals surface area contributed by atoms with E-state index in [-0.39, 0.29) is 5.78 Å². The standard InChI is InChI=1S/C10H14N2O/c1-3-6-11-10-9(8(2)13)5-4-7-12-10/h4-5,7H,3,6H2,1-2H3,(H,11,12). The lowest BCUT2D eigenvalue weighted by atomic mass is 10.2. The average Bonchev–Trinajstić information content (AvgIpc) is 2.15. The van der Waals surface area contributed by atoms with Crippen LogP contribution in [0.3, 0.4) is 0 Å². The van der Waals surface area contributed by atoms with Crippen molar-refractivity contribution < 1.29 is 4.79 Å². The van der Waals surface area contributed by atoms with Crippen molar-refractivity contribution in [2.45, 2.75) is 20.3 Å². The SMILES string of the molecule is CCCNc1ncccc1C(C)=O. The summed E-state index contributed by atoms with van der Waals surface area (Å²) in [7, 11) is 0. The van der Waals surface area contributed by atoms with Crippen LogP contribution in [0.25, 0.3) is 0 Å². The minimum atomic E-state index is 0.0479. The topological polar surface area (TPSA) is 42.0 Å². The fourth-order valence-electron chi connectivity index (χ4n) is 1.07. The van der Waals surface area contributed by atoms with Crippen LogP contribution in [-0.4, -0.2) is 17.3 Å². The summed E-state index contributed by atoms with van der Waals surface area (Å²) in [6.45, 7) is 4.47. The summed E-state index contributed by atoms with van der Waals surface area (Å²) in [5.74, 6) is 0.739. The van der Waals surface area contributed by atoms with Crippen LogP contribution in [0.2, 0.25) is 0 Å². The van der Waals surface area contributed by atoms with Gasteiger partial charge >= 0.3 is 0 Å². The lowest BCUT2D eigenvalue weighted by Gasteiger charge is -2.06. The highest BCUT2D eigenvalue weighted by Gasteiger charge is 2.05. The smallest absolute Gasteiger partial charge is 0.163 e. The van der Waals surface area contributed by atoms with Gasteiger partial charge in [0.2, 0.25) is 0 Å². The molecular formula is C10H14N2O. The molecule has 0 aliphatic heterocycles. The average molecular weight is 178 g/mol. The molecular weight excluding hydrogens is 164 g/mol. The summed E-state index contributed by atoms with van der Waals surface area (Å²) < 4.78 is 0.